The molecule has 0 atom stereocenters. The zero-order valence-corrected chi connectivity index (χ0v) is 16.8. The topological polar surface area (TPSA) is 92.3 Å². The molecule has 3 aromatic rings. The van der Waals surface area contributed by atoms with Crippen molar-refractivity contribution in [2.24, 2.45) is 0 Å². The van der Waals surface area contributed by atoms with Crippen LogP contribution in [0.2, 0.25) is 0 Å². The molecule has 1 aromatic heterocycles. The van der Waals surface area contributed by atoms with E-state index in [4.69, 9.17) is 0 Å². The van der Waals surface area contributed by atoms with Gasteiger partial charge >= 0.3 is 0 Å². The van der Waals surface area contributed by atoms with Gasteiger partial charge in [0.05, 0.1) is 0 Å². The molecule has 0 bridgehead atoms. The highest BCUT2D eigenvalue weighted by atomic mass is 32.1. The second-order valence-electron chi connectivity index (χ2n) is 6.87. The molecule has 0 saturated carbocycles. The lowest BCUT2D eigenvalue weighted by molar-refractivity contribution is -0.116. The van der Waals surface area contributed by atoms with Crippen molar-refractivity contribution >= 4 is 45.0 Å². The molecule has 1 N–H and O–H groups in total. The Morgan fingerprint density at radius 2 is 1.76 bits per heavy atom. The van der Waals surface area contributed by atoms with Gasteiger partial charge in [-0.15, -0.1) is 10.2 Å². The van der Waals surface area contributed by atoms with Crippen molar-refractivity contribution in [2.75, 3.05) is 11.9 Å². The molecule has 2 aromatic carbocycles. The molecule has 7 nitrogen and oxygen atoms in total. The molecule has 8 heteroatoms. The Hall–Kier alpha value is -3.13. The van der Waals surface area contributed by atoms with Crippen LogP contribution in [0.5, 0.6) is 0 Å². The van der Waals surface area contributed by atoms with Crippen molar-refractivity contribution in [1.82, 2.24) is 15.1 Å². The molecule has 4 rings (SSSR count). The van der Waals surface area contributed by atoms with Crippen molar-refractivity contribution in [1.29, 1.82) is 0 Å². The summed E-state index contributed by atoms with van der Waals surface area (Å²) < 4.78 is 0. The highest BCUT2D eigenvalue weighted by Crippen LogP contribution is 2.30. The van der Waals surface area contributed by atoms with Gasteiger partial charge in [0.1, 0.15) is 5.01 Å². The fourth-order valence-electron chi connectivity index (χ4n) is 3.48. The summed E-state index contributed by atoms with van der Waals surface area (Å²) in [5, 5.41) is 13.7. The zero-order chi connectivity index (χ0) is 20.4. The van der Waals surface area contributed by atoms with E-state index in [1.807, 2.05) is 24.3 Å². The Balaban J connectivity index is 1.39. The van der Waals surface area contributed by atoms with Gasteiger partial charge in [0.15, 0.2) is 0 Å². The summed E-state index contributed by atoms with van der Waals surface area (Å²) in [6.45, 7) is 2.24. The van der Waals surface area contributed by atoms with Crippen molar-refractivity contribution in [3.05, 3.63) is 52.5 Å². The molecule has 148 valence electrons. The molecular weight excluding hydrogens is 388 g/mol. The lowest BCUT2D eigenvalue weighted by Gasteiger charge is -2.27. The first-order chi connectivity index (χ1) is 14.1. The van der Waals surface area contributed by atoms with E-state index in [1.165, 1.54) is 16.2 Å². The lowest BCUT2D eigenvalue weighted by atomic mass is 9.94. The van der Waals surface area contributed by atoms with E-state index in [2.05, 4.69) is 22.4 Å². The highest BCUT2D eigenvalue weighted by Gasteiger charge is 2.32. The Morgan fingerprint density at radius 3 is 2.41 bits per heavy atom. The first-order valence-electron chi connectivity index (χ1n) is 9.58. The summed E-state index contributed by atoms with van der Waals surface area (Å²) in [5.41, 5.74) is 1.05. The number of carbonyl (C=O) groups is 3. The summed E-state index contributed by atoms with van der Waals surface area (Å²) in [4.78, 5) is 39.1. The predicted molar refractivity (Wildman–Crippen MR) is 111 cm³/mol. The maximum Gasteiger partial charge on any atom is 0.261 e. The van der Waals surface area contributed by atoms with Crippen molar-refractivity contribution in [3.63, 3.8) is 0 Å². The number of carbonyl (C=O) groups excluding carboxylic acids is 3. The SMILES string of the molecule is CCCc1nnc(NC(=O)CCCN2C(=O)c3cccc4cccc(c34)C2=O)s1. The number of aromatic nitrogens is 2. The van der Waals surface area contributed by atoms with Crippen LogP contribution in [0.25, 0.3) is 10.8 Å². The first kappa shape index (κ1) is 19.2. The Kier molecular flexibility index (Phi) is 5.35. The molecule has 1 aliphatic heterocycles. The molecule has 0 saturated heterocycles. The van der Waals surface area contributed by atoms with E-state index in [1.54, 1.807) is 12.1 Å². The molecule has 0 unspecified atom stereocenters. The number of aryl methyl sites for hydroxylation is 1. The summed E-state index contributed by atoms with van der Waals surface area (Å²) in [5.74, 6) is -0.829. The van der Waals surface area contributed by atoms with E-state index in [0.717, 1.165) is 23.2 Å². The average molecular weight is 408 g/mol. The number of rotatable bonds is 7. The number of imide groups is 1. The van der Waals surface area contributed by atoms with Crippen LogP contribution in [0.1, 0.15) is 51.9 Å². The van der Waals surface area contributed by atoms with E-state index >= 15 is 0 Å². The van der Waals surface area contributed by atoms with E-state index in [-0.39, 0.29) is 30.7 Å². The Bertz CT molecular complexity index is 1060. The van der Waals surface area contributed by atoms with Gasteiger partial charge in [-0.25, -0.2) is 0 Å². The molecule has 1 aliphatic rings. The van der Waals surface area contributed by atoms with Gasteiger partial charge in [-0.2, -0.15) is 0 Å². The van der Waals surface area contributed by atoms with Crippen LogP contribution >= 0.6 is 11.3 Å². The third kappa shape index (κ3) is 3.75. The largest absolute Gasteiger partial charge is 0.301 e. The van der Waals surface area contributed by atoms with Gasteiger partial charge in [0.2, 0.25) is 11.0 Å². The molecule has 29 heavy (non-hydrogen) atoms. The highest BCUT2D eigenvalue weighted by molar-refractivity contribution is 7.15. The fraction of sp³-hybridized carbons (Fsp3) is 0.286. The quantitative estimate of drug-likeness (QED) is 0.603. The minimum atomic E-state index is -0.312. The zero-order valence-electron chi connectivity index (χ0n) is 16.0. The van der Waals surface area contributed by atoms with Gasteiger partial charge in [0, 0.05) is 35.9 Å². The third-order valence-corrected chi connectivity index (χ3v) is 5.72. The van der Waals surface area contributed by atoms with E-state index in [0.29, 0.717) is 28.1 Å². The van der Waals surface area contributed by atoms with Crippen LogP contribution in [0.3, 0.4) is 0 Å². The number of hydrogen-bond acceptors (Lipinski definition) is 6. The second kappa shape index (κ2) is 8.08. The van der Waals surface area contributed by atoms with Gasteiger partial charge in [-0.05, 0) is 30.4 Å². The van der Waals surface area contributed by atoms with Crippen LogP contribution in [0.4, 0.5) is 5.13 Å². The van der Waals surface area contributed by atoms with Gasteiger partial charge < -0.3 is 5.32 Å². The van der Waals surface area contributed by atoms with E-state index in [9.17, 15) is 14.4 Å². The number of amides is 3. The molecule has 0 radical (unpaired) electrons. The van der Waals surface area contributed by atoms with Crippen LogP contribution < -0.4 is 5.32 Å². The van der Waals surface area contributed by atoms with Gasteiger partial charge in [0.25, 0.3) is 11.8 Å². The smallest absolute Gasteiger partial charge is 0.261 e. The fourth-order valence-corrected chi connectivity index (χ4v) is 4.34. The molecule has 2 heterocycles. The number of nitrogens with zero attached hydrogens (tertiary/aromatic N) is 3. The molecule has 0 aliphatic carbocycles. The number of benzene rings is 2. The van der Waals surface area contributed by atoms with Gasteiger partial charge in [-0.1, -0.05) is 42.5 Å². The molecular formula is C21H20N4O3S. The van der Waals surface area contributed by atoms with Gasteiger partial charge in [-0.3, -0.25) is 19.3 Å². The average Bonchev–Trinajstić information content (AvgIpc) is 3.15. The van der Waals surface area contributed by atoms with Crippen LogP contribution in [0, 0.1) is 0 Å². The van der Waals surface area contributed by atoms with Crippen molar-refractivity contribution in [3.8, 4) is 0 Å². The summed E-state index contributed by atoms with van der Waals surface area (Å²) in [7, 11) is 0. The molecule has 0 spiro atoms. The summed E-state index contributed by atoms with van der Waals surface area (Å²) in [6, 6.07) is 10.9. The third-order valence-electron chi connectivity index (χ3n) is 4.82. The summed E-state index contributed by atoms with van der Waals surface area (Å²) in [6.07, 6.45) is 2.37. The van der Waals surface area contributed by atoms with Crippen LogP contribution in [-0.2, 0) is 11.2 Å². The Labute approximate surface area is 171 Å². The number of anilines is 1. The standard InChI is InChI=1S/C21H20N4O3S/c1-2-6-17-23-24-21(29-17)22-16(26)11-5-12-25-19(27)14-9-3-7-13-8-4-10-15(18(13)14)20(25)28/h3-4,7-10H,2,5-6,11-12H2,1H3,(H,22,24,26). The van der Waals surface area contributed by atoms with E-state index < -0.39 is 0 Å². The van der Waals surface area contributed by atoms with Crippen molar-refractivity contribution < 1.29 is 14.4 Å². The monoisotopic (exact) mass is 408 g/mol. The van der Waals surface area contributed by atoms with Crippen LogP contribution in [-0.4, -0.2) is 39.4 Å². The minimum absolute atomic E-state index is 0.186. The summed E-state index contributed by atoms with van der Waals surface area (Å²) >= 11 is 1.36. The second-order valence-corrected chi connectivity index (χ2v) is 7.94. The lowest BCUT2D eigenvalue weighted by Crippen LogP contribution is -2.41. The van der Waals surface area contributed by atoms with Crippen LogP contribution in [0.15, 0.2) is 36.4 Å². The maximum absolute atomic E-state index is 12.8. The molecule has 3 amide bonds. The number of hydrogen-bond donors (Lipinski definition) is 1. The Morgan fingerprint density at radius 1 is 1.07 bits per heavy atom. The maximum atomic E-state index is 12.8. The van der Waals surface area contributed by atoms with Crippen molar-refractivity contribution in [2.45, 2.75) is 32.6 Å². The first-order valence-corrected chi connectivity index (χ1v) is 10.4. The predicted octanol–water partition coefficient (Wildman–Crippen LogP) is 3.66. The number of nitrogens with one attached hydrogen (secondary N) is 1. The minimum Gasteiger partial charge on any atom is -0.301 e. The normalized spacial score (nSPS) is 13.2. The molecule has 0 fully saturated rings.